The highest BCUT2D eigenvalue weighted by atomic mass is 35.5. The van der Waals surface area contributed by atoms with Crippen molar-refractivity contribution in [2.75, 3.05) is 10.6 Å². The van der Waals surface area contributed by atoms with E-state index in [1.807, 2.05) is 0 Å². The summed E-state index contributed by atoms with van der Waals surface area (Å²) in [5.41, 5.74) is 1.43. The molecular weight excluding hydrogens is 383 g/mol. The zero-order valence-corrected chi connectivity index (χ0v) is 14.9. The molecule has 0 aliphatic heterocycles. The summed E-state index contributed by atoms with van der Waals surface area (Å²) in [6.45, 7) is 0. The van der Waals surface area contributed by atoms with E-state index in [1.165, 1.54) is 12.4 Å². The van der Waals surface area contributed by atoms with Crippen LogP contribution < -0.4 is 10.6 Å². The lowest BCUT2D eigenvalue weighted by Gasteiger charge is -2.09. The summed E-state index contributed by atoms with van der Waals surface area (Å²) in [7, 11) is 0. The van der Waals surface area contributed by atoms with Gasteiger partial charge < -0.3 is 10.6 Å². The van der Waals surface area contributed by atoms with Gasteiger partial charge in [0.15, 0.2) is 0 Å². The lowest BCUT2D eigenvalue weighted by molar-refractivity contribution is 0.102. The van der Waals surface area contributed by atoms with E-state index < -0.39 is 0 Å². The molecule has 8 heteroatoms. The van der Waals surface area contributed by atoms with Gasteiger partial charge in [0.1, 0.15) is 0 Å². The maximum Gasteiger partial charge on any atom is 0.258 e. The molecule has 3 aromatic rings. The normalized spacial score (nSPS) is 10.4. The predicted molar refractivity (Wildman–Crippen MR) is 101 cm³/mol. The molecule has 126 valence electrons. The first-order chi connectivity index (χ1) is 12.0. The minimum atomic E-state index is -0.357. The van der Waals surface area contributed by atoms with Gasteiger partial charge in [0, 0.05) is 17.4 Å². The van der Waals surface area contributed by atoms with Crippen molar-refractivity contribution in [3.63, 3.8) is 0 Å². The number of anilines is 3. The fourth-order valence-corrected chi connectivity index (χ4v) is 2.62. The standard InChI is InChI=1S/C17H11Cl3N4O/c18-11-5-6-15(13(20)7-11)24-17-21-8-10(9-22-17)16(25)23-14-4-2-1-3-12(14)19/h1-9H,(H,23,25)(H,21,22,24). The fraction of sp³-hybridized carbons (Fsp3) is 0. The van der Waals surface area contributed by atoms with Gasteiger partial charge in [-0.15, -0.1) is 0 Å². The number of nitrogens with zero attached hydrogens (tertiary/aromatic N) is 2. The Morgan fingerprint density at radius 1 is 0.880 bits per heavy atom. The highest BCUT2D eigenvalue weighted by molar-refractivity contribution is 6.36. The molecule has 3 rings (SSSR count). The molecule has 0 fully saturated rings. The average Bonchev–Trinajstić information content (AvgIpc) is 2.60. The van der Waals surface area contributed by atoms with Crippen LogP contribution in [0.2, 0.25) is 15.1 Å². The quantitative estimate of drug-likeness (QED) is 0.620. The minimum absolute atomic E-state index is 0.299. The van der Waals surface area contributed by atoms with Crippen molar-refractivity contribution in [2.24, 2.45) is 0 Å². The molecule has 5 nitrogen and oxygen atoms in total. The molecule has 0 aliphatic carbocycles. The zero-order valence-electron chi connectivity index (χ0n) is 12.6. The first-order valence-electron chi connectivity index (χ1n) is 7.13. The number of carbonyl (C=O) groups is 1. The first-order valence-corrected chi connectivity index (χ1v) is 8.26. The van der Waals surface area contributed by atoms with E-state index >= 15 is 0 Å². The van der Waals surface area contributed by atoms with Crippen molar-refractivity contribution in [3.8, 4) is 0 Å². The molecule has 2 aromatic carbocycles. The monoisotopic (exact) mass is 392 g/mol. The molecule has 1 heterocycles. The van der Waals surface area contributed by atoms with E-state index in [0.29, 0.717) is 38.0 Å². The van der Waals surface area contributed by atoms with Crippen molar-refractivity contribution in [3.05, 3.63) is 75.5 Å². The third-order valence-corrected chi connectivity index (χ3v) is 4.09. The molecule has 0 spiro atoms. The Balaban J connectivity index is 1.71. The number of hydrogen-bond acceptors (Lipinski definition) is 4. The molecule has 1 amide bonds. The summed E-state index contributed by atoms with van der Waals surface area (Å²) in [6.07, 6.45) is 2.82. The molecular formula is C17H11Cl3N4O. The van der Waals surface area contributed by atoms with Gasteiger partial charge in [0.25, 0.3) is 5.91 Å². The summed E-state index contributed by atoms with van der Waals surface area (Å²) in [5, 5.41) is 7.09. The predicted octanol–water partition coefficient (Wildman–Crippen LogP) is 5.43. The van der Waals surface area contributed by atoms with Crippen LogP contribution in [0.3, 0.4) is 0 Å². The Labute approximate surface area is 159 Å². The maximum absolute atomic E-state index is 12.2. The van der Waals surface area contributed by atoms with Crippen LogP contribution in [0.25, 0.3) is 0 Å². The molecule has 0 radical (unpaired) electrons. The number of rotatable bonds is 4. The Kier molecular flexibility index (Phi) is 5.38. The molecule has 0 saturated carbocycles. The van der Waals surface area contributed by atoms with Gasteiger partial charge >= 0.3 is 0 Å². The Bertz CT molecular complexity index is 916. The van der Waals surface area contributed by atoms with E-state index in [9.17, 15) is 4.79 Å². The number of aromatic nitrogens is 2. The first kappa shape index (κ1) is 17.5. The minimum Gasteiger partial charge on any atom is -0.323 e. The van der Waals surface area contributed by atoms with Crippen molar-refractivity contribution in [2.45, 2.75) is 0 Å². The summed E-state index contributed by atoms with van der Waals surface area (Å²) in [4.78, 5) is 20.5. The van der Waals surface area contributed by atoms with Crippen molar-refractivity contribution in [1.29, 1.82) is 0 Å². The van der Waals surface area contributed by atoms with Gasteiger partial charge in [-0.1, -0.05) is 46.9 Å². The molecule has 0 bridgehead atoms. The van der Waals surface area contributed by atoms with Gasteiger partial charge in [0.05, 0.1) is 27.0 Å². The largest absolute Gasteiger partial charge is 0.323 e. The van der Waals surface area contributed by atoms with Gasteiger partial charge in [-0.25, -0.2) is 9.97 Å². The molecule has 25 heavy (non-hydrogen) atoms. The van der Waals surface area contributed by atoms with Crippen molar-refractivity contribution < 1.29 is 4.79 Å². The lowest BCUT2D eigenvalue weighted by atomic mass is 10.3. The molecule has 2 N–H and O–H groups in total. The number of carbonyl (C=O) groups excluding carboxylic acids is 1. The third-order valence-electron chi connectivity index (χ3n) is 3.21. The number of hydrogen-bond donors (Lipinski definition) is 2. The van der Waals surface area contributed by atoms with Crippen molar-refractivity contribution in [1.82, 2.24) is 9.97 Å². The maximum atomic E-state index is 12.2. The Morgan fingerprint density at radius 3 is 2.28 bits per heavy atom. The van der Waals surface area contributed by atoms with Crippen LogP contribution in [-0.2, 0) is 0 Å². The SMILES string of the molecule is O=C(Nc1ccccc1Cl)c1cnc(Nc2ccc(Cl)cc2Cl)nc1. The van der Waals surface area contributed by atoms with Gasteiger partial charge in [-0.05, 0) is 30.3 Å². The van der Waals surface area contributed by atoms with E-state index in [-0.39, 0.29) is 5.91 Å². The second kappa shape index (κ2) is 7.70. The fourth-order valence-electron chi connectivity index (χ4n) is 1.98. The number of halogens is 3. The van der Waals surface area contributed by atoms with E-state index in [0.717, 1.165) is 0 Å². The van der Waals surface area contributed by atoms with E-state index in [1.54, 1.807) is 42.5 Å². The lowest BCUT2D eigenvalue weighted by Crippen LogP contribution is -2.13. The number of benzene rings is 2. The van der Waals surface area contributed by atoms with Gasteiger partial charge in [-0.3, -0.25) is 4.79 Å². The molecule has 1 aromatic heterocycles. The van der Waals surface area contributed by atoms with Crippen LogP contribution in [-0.4, -0.2) is 15.9 Å². The molecule has 0 atom stereocenters. The molecule has 0 saturated heterocycles. The number of amides is 1. The number of nitrogens with one attached hydrogen (secondary N) is 2. The highest BCUT2D eigenvalue weighted by Crippen LogP contribution is 2.27. The zero-order chi connectivity index (χ0) is 17.8. The van der Waals surface area contributed by atoms with Crippen LogP contribution in [0.5, 0.6) is 0 Å². The van der Waals surface area contributed by atoms with Crippen LogP contribution in [0.15, 0.2) is 54.9 Å². The van der Waals surface area contributed by atoms with Crippen LogP contribution in [0, 0.1) is 0 Å². The molecule has 0 aliphatic rings. The van der Waals surface area contributed by atoms with E-state index in [2.05, 4.69) is 20.6 Å². The van der Waals surface area contributed by atoms with Gasteiger partial charge in [0.2, 0.25) is 5.95 Å². The average molecular weight is 394 g/mol. The Morgan fingerprint density at radius 2 is 1.60 bits per heavy atom. The van der Waals surface area contributed by atoms with E-state index in [4.69, 9.17) is 34.8 Å². The summed E-state index contributed by atoms with van der Waals surface area (Å²) >= 11 is 18.0. The second-order valence-electron chi connectivity index (χ2n) is 4.98. The summed E-state index contributed by atoms with van der Waals surface area (Å²) in [5.74, 6) is -0.0531. The highest BCUT2D eigenvalue weighted by Gasteiger charge is 2.10. The van der Waals surface area contributed by atoms with Crippen LogP contribution >= 0.6 is 34.8 Å². The number of para-hydroxylation sites is 1. The summed E-state index contributed by atoms with van der Waals surface area (Å²) < 4.78 is 0. The van der Waals surface area contributed by atoms with Crippen LogP contribution in [0.1, 0.15) is 10.4 Å². The third kappa shape index (κ3) is 4.39. The smallest absolute Gasteiger partial charge is 0.258 e. The molecule has 0 unspecified atom stereocenters. The topological polar surface area (TPSA) is 66.9 Å². The van der Waals surface area contributed by atoms with Gasteiger partial charge in [-0.2, -0.15) is 0 Å². The summed E-state index contributed by atoms with van der Waals surface area (Å²) in [6, 6.07) is 12.0. The van der Waals surface area contributed by atoms with Crippen LogP contribution in [0.4, 0.5) is 17.3 Å². The Hall–Kier alpha value is -2.34. The second-order valence-corrected chi connectivity index (χ2v) is 6.23. The van der Waals surface area contributed by atoms with Crippen molar-refractivity contribution >= 4 is 58.0 Å².